The highest BCUT2D eigenvalue weighted by atomic mass is 35.5. The van der Waals surface area contributed by atoms with Gasteiger partial charge in [-0.25, -0.2) is 4.79 Å². The highest BCUT2D eigenvalue weighted by molar-refractivity contribution is 7.15. The molecule has 0 saturated heterocycles. The minimum Gasteiger partial charge on any atom is -0.462 e. The van der Waals surface area contributed by atoms with Crippen molar-refractivity contribution in [3.8, 4) is 10.7 Å². The van der Waals surface area contributed by atoms with E-state index in [2.05, 4.69) is 19.8 Å². The molecule has 3 aromatic rings. The molecule has 0 radical (unpaired) electrons. The van der Waals surface area contributed by atoms with Crippen LogP contribution in [0.2, 0.25) is 0 Å². The Morgan fingerprint density at radius 1 is 1.48 bits per heavy atom. The van der Waals surface area contributed by atoms with Gasteiger partial charge < -0.3 is 9.26 Å². The van der Waals surface area contributed by atoms with E-state index in [1.807, 2.05) is 0 Å². The van der Waals surface area contributed by atoms with Crippen molar-refractivity contribution in [3.63, 3.8) is 0 Å². The Balaban J connectivity index is 1.72. The van der Waals surface area contributed by atoms with Crippen LogP contribution >= 0.6 is 22.9 Å². The molecule has 0 saturated carbocycles. The summed E-state index contributed by atoms with van der Waals surface area (Å²) < 4.78 is 36.8. The molecule has 0 aliphatic carbocycles. The number of hydrogen-bond acceptors (Lipinski definition) is 7. The fraction of sp³-hybridized carbons (Fsp3) is 0.286. The third kappa shape index (κ3) is 4.02. The summed E-state index contributed by atoms with van der Waals surface area (Å²) in [5.41, 5.74) is 0.353. The van der Waals surface area contributed by atoms with Gasteiger partial charge in [0, 0.05) is 11.1 Å². The van der Waals surface area contributed by atoms with Crippen LogP contribution in [0.5, 0.6) is 0 Å². The maximum absolute atomic E-state index is 12.9. The van der Waals surface area contributed by atoms with E-state index < -0.39 is 17.2 Å². The molecule has 0 bridgehead atoms. The van der Waals surface area contributed by atoms with Crippen molar-refractivity contribution >= 4 is 28.9 Å². The third-order valence-electron chi connectivity index (χ3n) is 3.01. The van der Waals surface area contributed by atoms with E-state index in [-0.39, 0.29) is 12.4 Å². The number of esters is 1. The zero-order valence-corrected chi connectivity index (χ0v) is 14.4. The molecule has 0 N–H and O–H groups in total. The number of thiophene rings is 1. The van der Waals surface area contributed by atoms with Crippen molar-refractivity contribution in [2.45, 2.75) is 18.9 Å². The lowest BCUT2D eigenvalue weighted by Crippen LogP contribution is -2.03. The molecule has 0 aliphatic rings. The van der Waals surface area contributed by atoms with Crippen LogP contribution in [0.3, 0.4) is 0 Å². The maximum atomic E-state index is 12.9. The first kappa shape index (κ1) is 17.5. The van der Waals surface area contributed by atoms with Gasteiger partial charge in [-0.1, -0.05) is 5.16 Å². The van der Waals surface area contributed by atoms with Crippen LogP contribution in [0.1, 0.15) is 28.0 Å². The van der Waals surface area contributed by atoms with Gasteiger partial charge in [-0.15, -0.1) is 11.3 Å². The van der Waals surface area contributed by atoms with Gasteiger partial charge in [0.25, 0.3) is 0 Å². The van der Waals surface area contributed by atoms with Crippen LogP contribution in [-0.4, -0.2) is 32.5 Å². The van der Waals surface area contributed by atoms with E-state index in [4.69, 9.17) is 16.3 Å². The molecule has 25 heavy (non-hydrogen) atoms. The van der Waals surface area contributed by atoms with Crippen molar-refractivity contribution in [3.05, 3.63) is 40.9 Å². The van der Waals surface area contributed by atoms with Gasteiger partial charge in [-0.05, 0) is 30.7 Å². The minimum atomic E-state index is -3.70. The number of aromatic nitrogens is 4. The average Bonchev–Trinajstić information content (AvgIpc) is 3.27. The van der Waals surface area contributed by atoms with Gasteiger partial charge in [0.05, 0.1) is 29.8 Å². The molecule has 0 unspecified atom stereocenters. The molecule has 3 aromatic heterocycles. The fourth-order valence-corrected chi connectivity index (χ4v) is 2.95. The molecule has 3 rings (SSSR count). The van der Waals surface area contributed by atoms with Gasteiger partial charge in [-0.2, -0.15) is 18.9 Å². The van der Waals surface area contributed by atoms with Gasteiger partial charge >= 0.3 is 17.2 Å². The normalized spacial score (nSPS) is 11.7. The number of alkyl halides is 3. The number of ether oxygens (including phenoxy) is 1. The first-order chi connectivity index (χ1) is 11.9. The fourth-order valence-electron chi connectivity index (χ4n) is 1.95. The Morgan fingerprint density at radius 2 is 2.28 bits per heavy atom. The molecular weight excluding hydrogens is 378 g/mol. The standard InChI is InChI=1S/C14H11ClF2N4O3S/c1-2-23-12(22)8-5-18-21(6-8)7-9-3-4-10(25-9)11-19-13(24-20-11)14(15,16)17/h3-6H,2,7H2,1H3. The predicted octanol–water partition coefficient (Wildman–Crippen LogP) is 3.51. The Bertz CT molecular complexity index is 887. The van der Waals surface area contributed by atoms with Crippen LogP contribution < -0.4 is 0 Å². The van der Waals surface area contributed by atoms with E-state index in [0.717, 1.165) is 4.88 Å². The van der Waals surface area contributed by atoms with Gasteiger partial charge in [-0.3, -0.25) is 4.68 Å². The second-order valence-corrected chi connectivity index (χ2v) is 6.48. The van der Waals surface area contributed by atoms with Crippen LogP contribution in [0.4, 0.5) is 8.78 Å². The molecule has 0 fully saturated rings. The minimum absolute atomic E-state index is 0.0271. The van der Waals surface area contributed by atoms with Crippen molar-refractivity contribution in [2.75, 3.05) is 6.61 Å². The van der Waals surface area contributed by atoms with Crippen LogP contribution in [0.15, 0.2) is 29.0 Å². The molecular formula is C14H11ClF2N4O3S. The highest BCUT2D eigenvalue weighted by Crippen LogP contribution is 2.33. The zero-order chi connectivity index (χ0) is 18.0. The van der Waals surface area contributed by atoms with Crippen molar-refractivity contribution in [2.24, 2.45) is 0 Å². The lowest BCUT2D eigenvalue weighted by Gasteiger charge is -1.98. The van der Waals surface area contributed by atoms with Gasteiger partial charge in [0.1, 0.15) is 0 Å². The van der Waals surface area contributed by atoms with Gasteiger partial charge in [0.15, 0.2) is 0 Å². The van der Waals surface area contributed by atoms with Crippen molar-refractivity contribution < 1.29 is 22.8 Å². The van der Waals surface area contributed by atoms with E-state index in [1.165, 1.54) is 17.5 Å². The summed E-state index contributed by atoms with van der Waals surface area (Å²) in [7, 11) is 0. The Hall–Kier alpha value is -2.33. The molecule has 11 heteroatoms. The van der Waals surface area contributed by atoms with Crippen LogP contribution in [0, 0.1) is 0 Å². The van der Waals surface area contributed by atoms with Crippen molar-refractivity contribution in [1.82, 2.24) is 19.9 Å². The third-order valence-corrected chi connectivity index (χ3v) is 4.24. The average molecular weight is 389 g/mol. The summed E-state index contributed by atoms with van der Waals surface area (Å²) in [5, 5.41) is 3.88. The maximum Gasteiger partial charge on any atom is 0.400 e. The first-order valence-corrected chi connectivity index (χ1v) is 8.26. The van der Waals surface area contributed by atoms with E-state index in [0.29, 0.717) is 17.0 Å². The topological polar surface area (TPSA) is 83.0 Å². The smallest absolute Gasteiger partial charge is 0.400 e. The molecule has 7 nitrogen and oxygen atoms in total. The molecule has 132 valence electrons. The van der Waals surface area contributed by atoms with Crippen LogP contribution in [0.25, 0.3) is 10.7 Å². The molecule has 0 aliphatic heterocycles. The van der Waals surface area contributed by atoms with Crippen molar-refractivity contribution in [1.29, 1.82) is 0 Å². The first-order valence-electron chi connectivity index (χ1n) is 7.06. The summed E-state index contributed by atoms with van der Waals surface area (Å²) in [5.74, 6) is -1.37. The van der Waals surface area contributed by atoms with Gasteiger partial charge in [0.2, 0.25) is 5.82 Å². The summed E-state index contributed by atoms with van der Waals surface area (Å²) >= 11 is 6.13. The quantitative estimate of drug-likeness (QED) is 0.474. The van der Waals surface area contributed by atoms with E-state index in [9.17, 15) is 13.6 Å². The number of carbonyl (C=O) groups excluding carboxylic acids is 1. The molecule has 0 aromatic carbocycles. The Morgan fingerprint density at radius 3 is 2.96 bits per heavy atom. The Kier molecular flexibility index (Phi) is 4.82. The van der Waals surface area contributed by atoms with Crippen LogP contribution in [-0.2, 0) is 16.7 Å². The number of rotatable bonds is 6. The lowest BCUT2D eigenvalue weighted by atomic mass is 10.4. The number of carbonyl (C=O) groups is 1. The summed E-state index contributed by atoms with van der Waals surface area (Å²) in [4.78, 5) is 16.6. The zero-order valence-electron chi connectivity index (χ0n) is 12.8. The highest BCUT2D eigenvalue weighted by Gasteiger charge is 2.35. The monoisotopic (exact) mass is 388 g/mol. The predicted molar refractivity (Wildman–Crippen MR) is 84.6 cm³/mol. The summed E-state index contributed by atoms with van der Waals surface area (Å²) in [6.07, 6.45) is 2.98. The lowest BCUT2D eigenvalue weighted by molar-refractivity contribution is 0.0525. The SMILES string of the molecule is CCOC(=O)c1cnn(Cc2ccc(-c3noc(C(F)(F)Cl)n3)s2)c1. The second kappa shape index (κ2) is 6.89. The molecule has 0 spiro atoms. The molecule has 3 heterocycles. The number of hydrogen-bond donors (Lipinski definition) is 0. The Labute approximate surface area is 149 Å². The summed E-state index contributed by atoms with van der Waals surface area (Å²) in [6.45, 7) is 2.39. The number of nitrogens with zero attached hydrogens (tertiary/aromatic N) is 4. The molecule has 0 atom stereocenters. The molecule has 0 amide bonds. The largest absolute Gasteiger partial charge is 0.462 e. The van der Waals surface area contributed by atoms with E-state index in [1.54, 1.807) is 29.9 Å². The summed E-state index contributed by atoms with van der Waals surface area (Å²) in [6, 6.07) is 3.46. The van der Waals surface area contributed by atoms with E-state index >= 15 is 0 Å². The number of halogens is 3. The second-order valence-electron chi connectivity index (χ2n) is 4.83.